The first-order valence-electron chi connectivity index (χ1n) is 18.7. The third kappa shape index (κ3) is 8.43. The molecule has 0 aromatic heterocycles. The molecular formula is C41H61N3O7. The fraction of sp³-hybridized carbons (Fsp3) is 0.659. The standard InChI is InChI=1S/C41H61N3O7/c1-10-12-21-31(46)42(9)28(3)34(29-19-15-13-16-20-29)50-38(49)32-30-22-23-41(51-30)33(32)36(47)43(25-17-14-18-26-45)35(41)37(48)44(24-11-2)40(7,8)27-39(4,5)6/h10-11,13,15-16,19-20,28,30,32-35,45H,1-2,12,14,17-18,21-27H2,3-9H3/t28-,30+,32-,33-,34+,35+,41-/m0/s1. The van der Waals surface area contributed by atoms with Crippen LogP contribution in [-0.2, 0) is 28.7 Å². The first-order chi connectivity index (χ1) is 24.0. The van der Waals surface area contributed by atoms with E-state index in [9.17, 15) is 24.3 Å². The van der Waals surface area contributed by atoms with Gasteiger partial charge in [0.05, 0.1) is 24.0 Å². The summed E-state index contributed by atoms with van der Waals surface area (Å²) in [6.07, 6.45) is 6.46. The maximum absolute atomic E-state index is 15.0. The molecule has 3 fully saturated rings. The molecule has 282 valence electrons. The number of esters is 1. The molecule has 0 unspecified atom stereocenters. The molecule has 2 bridgehead atoms. The fourth-order valence-corrected chi connectivity index (χ4v) is 8.94. The Hall–Kier alpha value is -3.50. The van der Waals surface area contributed by atoms with Crippen LogP contribution in [0.2, 0.25) is 0 Å². The van der Waals surface area contributed by atoms with Gasteiger partial charge in [0.25, 0.3) is 0 Å². The van der Waals surface area contributed by atoms with Crippen LogP contribution in [0, 0.1) is 17.3 Å². The highest BCUT2D eigenvalue weighted by Crippen LogP contribution is 2.59. The van der Waals surface area contributed by atoms with E-state index in [1.54, 1.807) is 29.0 Å². The highest BCUT2D eigenvalue weighted by atomic mass is 16.6. The number of fused-ring (bicyclic) bond motifs is 1. The number of ether oxygens (including phenoxy) is 2. The number of rotatable bonds is 18. The highest BCUT2D eigenvalue weighted by Gasteiger charge is 2.75. The summed E-state index contributed by atoms with van der Waals surface area (Å²) in [4.78, 5) is 62.2. The third-order valence-corrected chi connectivity index (χ3v) is 11.0. The molecule has 1 N–H and O–H groups in total. The predicted octanol–water partition coefficient (Wildman–Crippen LogP) is 5.85. The molecular weight excluding hydrogens is 646 g/mol. The van der Waals surface area contributed by atoms with E-state index >= 15 is 0 Å². The molecule has 7 atom stereocenters. The van der Waals surface area contributed by atoms with Gasteiger partial charge in [-0.25, -0.2) is 0 Å². The van der Waals surface area contributed by atoms with Crippen LogP contribution < -0.4 is 0 Å². The van der Waals surface area contributed by atoms with Gasteiger partial charge in [-0.15, -0.1) is 13.2 Å². The minimum Gasteiger partial charge on any atom is -0.455 e. The van der Waals surface area contributed by atoms with E-state index in [0.29, 0.717) is 51.6 Å². The van der Waals surface area contributed by atoms with Gasteiger partial charge in [-0.2, -0.15) is 0 Å². The number of aliphatic hydroxyl groups is 1. The van der Waals surface area contributed by atoms with E-state index in [1.807, 2.05) is 56.0 Å². The van der Waals surface area contributed by atoms with Crippen molar-refractivity contribution in [3.63, 3.8) is 0 Å². The van der Waals surface area contributed by atoms with E-state index < -0.39 is 53.2 Å². The van der Waals surface area contributed by atoms with Gasteiger partial charge < -0.3 is 29.3 Å². The number of unbranched alkanes of at least 4 members (excludes halogenated alkanes) is 2. The van der Waals surface area contributed by atoms with Gasteiger partial charge in [-0.1, -0.05) is 63.3 Å². The summed E-state index contributed by atoms with van der Waals surface area (Å²) < 4.78 is 13.1. The van der Waals surface area contributed by atoms with Crippen LogP contribution in [0.15, 0.2) is 55.6 Å². The molecule has 4 rings (SSSR count). The number of amides is 3. The fourth-order valence-electron chi connectivity index (χ4n) is 8.94. The van der Waals surface area contributed by atoms with Crippen molar-refractivity contribution in [3.05, 3.63) is 61.2 Å². The number of hydrogen-bond donors (Lipinski definition) is 1. The molecule has 1 spiro atoms. The Morgan fingerprint density at radius 3 is 2.39 bits per heavy atom. The molecule has 3 aliphatic rings. The van der Waals surface area contributed by atoms with Crippen molar-refractivity contribution in [2.24, 2.45) is 17.3 Å². The zero-order valence-corrected chi connectivity index (χ0v) is 31.9. The number of allylic oxidation sites excluding steroid dienone is 1. The minimum absolute atomic E-state index is 0.0473. The second kappa shape index (κ2) is 16.4. The zero-order chi connectivity index (χ0) is 37.7. The average Bonchev–Trinajstić information content (AvgIpc) is 3.72. The summed E-state index contributed by atoms with van der Waals surface area (Å²) in [5.41, 5.74) is -1.08. The number of likely N-dealkylation sites (N-methyl/N-ethyl adjacent to an activating group) is 1. The largest absolute Gasteiger partial charge is 0.455 e. The molecule has 3 aliphatic heterocycles. The molecule has 3 saturated heterocycles. The maximum atomic E-state index is 15.0. The Kier molecular flexibility index (Phi) is 13.0. The van der Waals surface area contributed by atoms with Crippen LogP contribution >= 0.6 is 0 Å². The molecule has 51 heavy (non-hydrogen) atoms. The van der Waals surface area contributed by atoms with Gasteiger partial charge >= 0.3 is 5.97 Å². The first kappa shape index (κ1) is 40.3. The van der Waals surface area contributed by atoms with Gasteiger partial charge in [-0.3, -0.25) is 19.2 Å². The van der Waals surface area contributed by atoms with Crippen molar-refractivity contribution in [2.45, 2.75) is 128 Å². The van der Waals surface area contributed by atoms with Gasteiger partial charge in [0.2, 0.25) is 17.7 Å². The molecule has 0 saturated carbocycles. The number of carbonyl (C=O) groups is 4. The second-order valence-corrected chi connectivity index (χ2v) is 16.5. The summed E-state index contributed by atoms with van der Waals surface area (Å²) >= 11 is 0. The van der Waals surface area contributed by atoms with Crippen molar-refractivity contribution in [1.29, 1.82) is 0 Å². The van der Waals surface area contributed by atoms with Crippen LogP contribution in [0.1, 0.15) is 105 Å². The second-order valence-electron chi connectivity index (χ2n) is 16.5. The average molecular weight is 708 g/mol. The van der Waals surface area contributed by atoms with Crippen molar-refractivity contribution >= 4 is 23.7 Å². The van der Waals surface area contributed by atoms with Crippen molar-refractivity contribution in [3.8, 4) is 0 Å². The number of aliphatic hydroxyl groups excluding tert-OH is 1. The number of hydrogen-bond acceptors (Lipinski definition) is 7. The Balaban J connectivity index is 1.71. The molecule has 10 heteroatoms. The normalized spacial score (nSPS) is 25.3. The van der Waals surface area contributed by atoms with E-state index in [-0.39, 0.29) is 36.2 Å². The smallest absolute Gasteiger partial charge is 0.313 e. The predicted molar refractivity (Wildman–Crippen MR) is 197 cm³/mol. The Labute approximate surface area is 305 Å². The topological polar surface area (TPSA) is 117 Å². The van der Waals surface area contributed by atoms with Crippen molar-refractivity contribution < 1.29 is 33.8 Å². The summed E-state index contributed by atoms with van der Waals surface area (Å²) in [5.74, 6) is -2.91. The molecule has 10 nitrogen and oxygen atoms in total. The van der Waals surface area contributed by atoms with Crippen molar-refractivity contribution in [1.82, 2.24) is 14.7 Å². The van der Waals surface area contributed by atoms with Gasteiger partial charge in [-0.05, 0) is 76.7 Å². The molecule has 1 aromatic carbocycles. The van der Waals surface area contributed by atoms with Crippen LogP contribution in [0.3, 0.4) is 0 Å². The summed E-state index contributed by atoms with van der Waals surface area (Å²) in [6, 6.07) is 7.92. The van der Waals surface area contributed by atoms with Gasteiger partial charge in [0.15, 0.2) is 0 Å². The van der Waals surface area contributed by atoms with Crippen LogP contribution in [-0.4, -0.2) is 99.6 Å². The maximum Gasteiger partial charge on any atom is 0.313 e. The van der Waals surface area contributed by atoms with Crippen molar-refractivity contribution in [2.75, 3.05) is 26.7 Å². The molecule has 3 heterocycles. The molecule has 3 amide bonds. The van der Waals surface area contributed by atoms with Crippen LogP contribution in [0.4, 0.5) is 0 Å². The van der Waals surface area contributed by atoms with Gasteiger partial charge in [0, 0.05) is 38.7 Å². The lowest BCUT2D eigenvalue weighted by molar-refractivity contribution is -0.164. The summed E-state index contributed by atoms with van der Waals surface area (Å²) in [7, 11) is 1.71. The lowest BCUT2D eigenvalue weighted by Gasteiger charge is -2.45. The molecule has 1 aromatic rings. The molecule has 0 radical (unpaired) electrons. The monoisotopic (exact) mass is 707 g/mol. The summed E-state index contributed by atoms with van der Waals surface area (Å²) in [5, 5.41) is 9.42. The van der Waals surface area contributed by atoms with E-state index in [0.717, 1.165) is 12.0 Å². The highest BCUT2D eigenvalue weighted by molar-refractivity contribution is 5.98. The van der Waals surface area contributed by atoms with Crippen LogP contribution in [0.5, 0.6) is 0 Å². The van der Waals surface area contributed by atoms with Gasteiger partial charge in [0.1, 0.15) is 17.7 Å². The van der Waals surface area contributed by atoms with E-state index in [2.05, 4.69) is 33.9 Å². The number of nitrogens with zero attached hydrogens (tertiary/aromatic N) is 3. The first-order valence-corrected chi connectivity index (χ1v) is 18.7. The third-order valence-electron chi connectivity index (χ3n) is 11.0. The SMILES string of the molecule is C=CCCC(=O)N(C)[C@@H](C)[C@@H](OC(=O)[C@@H]1[C@H]2C(=O)N(CCCCCO)[C@H](C(=O)N(CC=C)C(C)(C)CC(C)(C)C)[C@]23CC[C@H]1O3)c1ccccc1. The Morgan fingerprint density at radius 1 is 1.10 bits per heavy atom. The summed E-state index contributed by atoms with van der Waals surface area (Å²) in [6.45, 7) is 20.7. The quantitative estimate of drug-likeness (QED) is 0.116. The minimum atomic E-state index is -1.18. The number of likely N-dealkylation sites (tertiary alicyclic amines) is 1. The lowest BCUT2D eigenvalue weighted by Crippen LogP contribution is -2.61. The zero-order valence-electron chi connectivity index (χ0n) is 31.9. The Morgan fingerprint density at radius 2 is 1.78 bits per heavy atom. The number of carbonyl (C=O) groups excluding carboxylic acids is 4. The Bertz CT molecular complexity index is 1420. The lowest BCUT2D eigenvalue weighted by atomic mass is 9.70. The van der Waals surface area contributed by atoms with E-state index in [1.165, 1.54) is 0 Å². The van der Waals surface area contributed by atoms with E-state index in [4.69, 9.17) is 9.47 Å². The van der Waals surface area contributed by atoms with Crippen LogP contribution in [0.25, 0.3) is 0 Å². The number of benzene rings is 1. The molecule has 0 aliphatic carbocycles.